The Balaban J connectivity index is 2.15. The lowest BCUT2D eigenvalue weighted by Crippen LogP contribution is -2.31. The summed E-state index contributed by atoms with van der Waals surface area (Å²) in [5.41, 5.74) is 0. The number of ether oxygens (including phenoxy) is 2. The molecule has 4 heteroatoms. The highest BCUT2D eigenvalue weighted by Crippen LogP contribution is 2.67. The van der Waals surface area contributed by atoms with Crippen LogP contribution in [-0.2, 0) is 9.47 Å². The minimum atomic E-state index is -0.0654. The van der Waals surface area contributed by atoms with E-state index in [1.54, 1.807) is 0 Å². The van der Waals surface area contributed by atoms with E-state index in [-0.39, 0.29) is 15.8 Å². The van der Waals surface area contributed by atoms with Gasteiger partial charge in [-0.25, -0.2) is 0 Å². The molecule has 2 fully saturated rings. The van der Waals surface area contributed by atoms with Crippen molar-refractivity contribution in [3.05, 3.63) is 0 Å². The van der Waals surface area contributed by atoms with Crippen molar-refractivity contribution in [2.75, 3.05) is 25.5 Å². The van der Waals surface area contributed by atoms with Gasteiger partial charge in [-0.2, -0.15) is 0 Å². The summed E-state index contributed by atoms with van der Waals surface area (Å²) in [6.45, 7) is 16.1. The standard InChI is InChI=1S/C14H28O2P2/c1-13(2,3)17-9-7-15-11(17)12-16-8-10-18(12)14(4,5)6/h11-12H,7-10H2,1-6H3/t11-,12+,17-,18-/m0/s1. The molecule has 2 aliphatic heterocycles. The largest absolute Gasteiger partial charge is 0.370 e. The predicted octanol–water partition coefficient (Wildman–Crippen LogP) is 4.26. The molecule has 2 aliphatic rings. The molecule has 0 aromatic rings. The lowest BCUT2D eigenvalue weighted by molar-refractivity contribution is 0.0349. The molecule has 0 N–H and O–H groups in total. The molecule has 2 saturated heterocycles. The maximum atomic E-state index is 6.12. The maximum Gasteiger partial charge on any atom is 0.107 e. The molecule has 0 radical (unpaired) electrons. The third kappa shape index (κ3) is 3.09. The summed E-state index contributed by atoms with van der Waals surface area (Å²) in [6.07, 6.45) is 2.52. The topological polar surface area (TPSA) is 18.5 Å². The van der Waals surface area contributed by atoms with Gasteiger partial charge in [0, 0.05) is 0 Å². The molecule has 0 aliphatic carbocycles. The van der Waals surface area contributed by atoms with Crippen LogP contribution in [0.3, 0.4) is 0 Å². The van der Waals surface area contributed by atoms with Gasteiger partial charge in [0.05, 0.1) is 13.2 Å². The van der Waals surface area contributed by atoms with E-state index in [1.165, 1.54) is 12.3 Å². The van der Waals surface area contributed by atoms with Gasteiger partial charge in [-0.3, -0.25) is 0 Å². The molecule has 4 atom stereocenters. The van der Waals surface area contributed by atoms with Crippen LogP contribution in [0.1, 0.15) is 41.5 Å². The van der Waals surface area contributed by atoms with Crippen LogP contribution in [-0.4, -0.2) is 47.5 Å². The van der Waals surface area contributed by atoms with Crippen LogP contribution >= 0.6 is 15.8 Å². The summed E-state index contributed by atoms with van der Waals surface area (Å²) in [6, 6.07) is 0. The molecule has 2 heterocycles. The van der Waals surface area contributed by atoms with Crippen molar-refractivity contribution in [2.24, 2.45) is 0 Å². The quantitative estimate of drug-likeness (QED) is 0.672. The lowest BCUT2D eigenvalue weighted by Gasteiger charge is -2.39. The summed E-state index contributed by atoms with van der Waals surface area (Å²) in [5.74, 6) is 0.792. The minimum absolute atomic E-state index is 0.0654. The molecule has 2 nitrogen and oxygen atoms in total. The zero-order valence-electron chi connectivity index (χ0n) is 12.7. The Labute approximate surface area is 115 Å². The Morgan fingerprint density at radius 1 is 0.722 bits per heavy atom. The monoisotopic (exact) mass is 290 g/mol. The van der Waals surface area contributed by atoms with E-state index in [1.807, 2.05) is 0 Å². The Bertz CT molecular complexity index is 263. The van der Waals surface area contributed by atoms with E-state index in [4.69, 9.17) is 9.47 Å². The molecule has 0 bridgehead atoms. The first-order chi connectivity index (χ1) is 8.21. The van der Waals surface area contributed by atoms with Gasteiger partial charge in [-0.15, -0.1) is 0 Å². The highest BCUT2D eigenvalue weighted by molar-refractivity contribution is 7.64. The minimum Gasteiger partial charge on any atom is -0.370 e. The third-order valence-electron chi connectivity index (χ3n) is 3.82. The van der Waals surface area contributed by atoms with Crippen molar-refractivity contribution in [1.82, 2.24) is 0 Å². The highest BCUT2D eigenvalue weighted by Gasteiger charge is 2.48. The number of rotatable bonds is 1. The van der Waals surface area contributed by atoms with Crippen molar-refractivity contribution in [1.29, 1.82) is 0 Å². The Morgan fingerprint density at radius 2 is 1.06 bits per heavy atom. The molecule has 106 valence electrons. The zero-order chi connectivity index (χ0) is 13.6. The normalized spacial score (nSPS) is 38.3. The molecule has 0 amide bonds. The second kappa shape index (κ2) is 5.28. The van der Waals surface area contributed by atoms with Crippen LogP contribution < -0.4 is 0 Å². The zero-order valence-corrected chi connectivity index (χ0v) is 14.5. The van der Waals surface area contributed by atoms with Gasteiger partial charge in [0.2, 0.25) is 0 Å². The maximum absolute atomic E-state index is 6.12. The summed E-state index contributed by atoms with van der Waals surface area (Å²) in [5, 5.41) is 0.780. The van der Waals surface area contributed by atoms with Crippen LogP contribution in [0.2, 0.25) is 0 Å². The van der Waals surface area contributed by atoms with E-state index in [2.05, 4.69) is 41.5 Å². The number of hydrogen-bond acceptors (Lipinski definition) is 2. The number of hydrogen-bond donors (Lipinski definition) is 0. The van der Waals surface area contributed by atoms with E-state index in [0.29, 0.717) is 22.0 Å². The van der Waals surface area contributed by atoms with E-state index >= 15 is 0 Å². The van der Waals surface area contributed by atoms with Crippen LogP contribution in [0.25, 0.3) is 0 Å². The average Bonchev–Trinajstić information content (AvgIpc) is 2.83. The van der Waals surface area contributed by atoms with Crippen LogP contribution in [0, 0.1) is 0 Å². The Morgan fingerprint density at radius 3 is 1.33 bits per heavy atom. The van der Waals surface area contributed by atoms with Crippen molar-refractivity contribution < 1.29 is 9.47 Å². The predicted molar refractivity (Wildman–Crippen MR) is 82.6 cm³/mol. The molecule has 0 aromatic carbocycles. The second-order valence-electron chi connectivity index (χ2n) is 7.25. The first-order valence-electron chi connectivity index (χ1n) is 6.98. The highest BCUT2D eigenvalue weighted by atomic mass is 31.1. The van der Waals surface area contributed by atoms with Crippen molar-refractivity contribution in [3.8, 4) is 0 Å². The Kier molecular flexibility index (Phi) is 4.45. The van der Waals surface area contributed by atoms with Gasteiger partial charge in [0.15, 0.2) is 0 Å². The Hall–Kier alpha value is 0.780. The fourth-order valence-corrected chi connectivity index (χ4v) is 9.19. The van der Waals surface area contributed by atoms with Crippen LogP contribution in [0.15, 0.2) is 0 Å². The molecule has 0 saturated carbocycles. The fraction of sp³-hybridized carbons (Fsp3) is 1.00. The van der Waals surface area contributed by atoms with Gasteiger partial charge < -0.3 is 9.47 Å². The van der Waals surface area contributed by atoms with Crippen molar-refractivity contribution in [2.45, 2.75) is 63.5 Å². The molecule has 0 aromatic heterocycles. The van der Waals surface area contributed by atoms with Gasteiger partial charge in [-0.1, -0.05) is 57.4 Å². The summed E-state index contributed by atoms with van der Waals surface area (Å²) in [7, 11) is -0.131. The fourth-order valence-electron chi connectivity index (χ4n) is 2.88. The summed E-state index contributed by atoms with van der Waals surface area (Å²) < 4.78 is 12.2. The first-order valence-corrected chi connectivity index (χ1v) is 10.2. The van der Waals surface area contributed by atoms with Gasteiger partial charge in [0.1, 0.15) is 11.7 Å². The smallest absolute Gasteiger partial charge is 0.107 e. The second-order valence-corrected chi connectivity index (χ2v) is 13.7. The summed E-state index contributed by atoms with van der Waals surface area (Å²) >= 11 is 0. The summed E-state index contributed by atoms with van der Waals surface area (Å²) in [4.78, 5) is 0. The lowest BCUT2D eigenvalue weighted by atomic mass is 10.3. The molecular formula is C14H28O2P2. The van der Waals surface area contributed by atoms with Crippen LogP contribution in [0.4, 0.5) is 0 Å². The van der Waals surface area contributed by atoms with Crippen molar-refractivity contribution >= 4 is 15.8 Å². The molecule has 0 spiro atoms. The molecule has 2 rings (SSSR count). The molecule has 0 unspecified atom stereocenters. The van der Waals surface area contributed by atoms with Gasteiger partial charge >= 0.3 is 0 Å². The van der Waals surface area contributed by atoms with E-state index < -0.39 is 0 Å². The van der Waals surface area contributed by atoms with E-state index in [0.717, 1.165) is 13.2 Å². The third-order valence-corrected chi connectivity index (χ3v) is 10.9. The first kappa shape index (κ1) is 15.2. The van der Waals surface area contributed by atoms with E-state index in [9.17, 15) is 0 Å². The average molecular weight is 290 g/mol. The molecular weight excluding hydrogens is 262 g/mol. The SMILES string of the molecule is CC(C)(C)[P@@]1CCO[C@@H]1[C@@H]1OCC[P@]1C(C)(C)C. The van der Waals surface area contributed by atoms with Gasteiger partial charge in [-0.05, 0) is 22.6 Å². The van der Waals surface area contributed by atoms with Gasteiger partial charge in [0.25, 0.3) is 0 Å². The van der Waals surface area contributed by atoms with Crippen LogP contribution in [0.5, 0.6) is 0 Å². The van der Waals surface area contributed by atoms with Crippen molar-refractivity contribution in [3.63, 3.8) is 0 Å². The molecule has 18 heavy (non-hydrogen) atoms.